The van der Waals surface area contributed by atoms with Gasteiger partial charge in [-0.15, -0.1) is 6.42 Å². The molecule has 0 unspecified atom stereocenters. The fourth-order valence-corrected chi connectivity index (χ4v) is 1.32. The molecule has 0 saturated heterocycles. The lowest BCUT2D eigenvalue weighted by Gasteiger charge is -2.01. The van der Waals surface area contributed by atoms with Crippen LogP contribution in [0, 0.1) is 12.3 Å². The lowest BCUT2D eigenvalue weighted by atomic mass is 10.2. The maximum atomic E-state index is 5.79. The summed E-state index contributed by atoms with van der Waals surface area (Å²) in [5.41, 5.74) is 6.75. The van der Waals surface area contributed by atoms with Gasteiger partial charge in [0, 0.05) is 5.56 Å². The molecule has 2 N–H and O–H groups in total. The number of rotatable bonds is 0. The normalized spacial score (nSPS) is 9.18. The van der Waals surface area contributed by atoms with Crippen LogP contribution in [0.3, 0.4) is 0 Å². The number of benzene rings is 1. The number of hydrogen-bond donors (Lipinski definition) is 1. The topological polar surface area (TPSA) is 26.0 Å². The summed E-state index contributed by atoms with van der Waals surface area (Å²) in [5, 5.41) is 0.473. The molecule has 1 rings (SSSR count). The summed E-state index contributed by atoms with van der Waals surface area (Å²) >= 11 is 9.03. The Balaban J connectivity index is 3.40. The first-order valence-corrected chi connectivity index (χ1v) is 4.04. The Kier molecular flexibility index (Phi) is 2.43. The van der Waals surface area contributed by atoms with Crippen molar-refractivity contribution < 1.29 is 0 Å². The number of terminal acetylenes is 1. The molecule has 0 radical (unpaired) electrons. The average molecular weight is 230 g/mol. The molecule has 56 valence electrons. The van der Waals surface area contributed by atoms with E-state index < -0.39 is 0 Å². The second kappa shape index (κ2) is 3.17. The second-order valence-corrected chi connectivity index (χ2v) is 3.15. The zero-order chi connectivity index (χ0) is 8.43. The Morgan fingerprint density at radius 3 is 2.73 bits per heavy atom. The highest BCUT2D eigenvalue weighted by Crippen LogP contribution is 2.30. The summed E-state index contributed by atoms with van der Waals surface area (Å²) in [6.45, 7) is 0. The lowest BCUT2D eigenvalue weighted by molar-refractivity contribution is 1.58. The van der Waals surface area contributed by atoms with E-state index in [1.165, 1.54) is 0 Å². The van der Waals surface area contributed by atoms with Crippen molar-refractivity contribution in [2.24, 2.45) is 0 Å². The van der Waals surface area contributed by atoms with E-state index in [4.69, 9.17) is 23.8 Å². The highest BCUT2D eigenvalue weighted by Gasteiger charge is 2.04. The number of nitrogen functional groups attached to an aromatic ring is 1. The van der Waals surface area contributed by atoms with Gasteiger partial charge < -0.3 is 5.73 Å². The van der Waals surface area contributed by atoms with Gasteiger partial charge in [-0.3, -0.25) is 0 Å². The minimum atomic E-state index is 0.473. The molecular weight excluding hydrogens is 225 g/mol. The smallest absolute Gasteiger partial charge is 0.0790 e. The third-order valence-electron chi connectivity index (χ3n) is 1.27. The van der Waals surface area contributed by atoms with Gasteiger partial charge in [-0.2, -0.15) is 0 Å². The maximum absolute atomic E-state index is 5.79. The zero-order valence-corrected chi connectivity index (χ0v) is 7.91. The molecular formula is C8H5BrClN. The van der Waals surface area contributed by atoms with Crippen molar-refractivity contribution in [2.75, 3.05) is 5.73 Å². The highest BCUT2D eigenvalue weighted by molar-refractivity contribution is 9.10. The largest absolute Gasteiger partial charge is 0.397 e. The molecule has 0 bridgehead atoms. The van der Waals surface area contributed by atoms with E-state index in [1.807, 2.05) is 0 Å². The Morgan fingerprint density at radius 1 is 1.55 bits per heavy atom. The third-order valence-corrected chi connectivity index (χ3v) is 2.73. The monoisotopic (exact) mass is 229 g/mol. The van der Waals surface area contributed by atoms with Crippen molar-refractivity contribution >= 4 is 33.2 Å². The Bertz CT molecular complexity index is 328. The van der Waals surface area contributed by atoms with Gasteiger partial charge in [0.05, 0.1) is 15.2 Å². The summed E-state index contributed by atoms with van der Waals surface area (Å²) in [5.74, 6) is 2.48. The zero-order valence-electron chi connectivity index (χ0n) is 5.57. The molecule has 0 fully saturated rings. The molecule has 0 atom stereocenters. The molecule has 0 amide bonds. The van der Waals surface area contributed by atoms with Gasteiger partial charge in [0.25, 0.3) is 0 Å². The van der Waals surface area contributed by atoms with Gasteiger partial charge in [-0.1, -0.05) is 17.5 Å². The maximum Gasteiger partial charge on any atom is 0.0790 e. The molecule has 0 aliphatic carbocycles. The lowest BCUT2D eigenvalue weighted by Crippen LogP contribution is -1.88. The van der Waals surface area contributed by atoms with Gasteiger partial charge >= 0.3 is 0 Å². The van der Waals surface area contributed by atoms with Gasteiger partial charge in [-0.25, -0.2) is 0 Å². The summed E-state index contributed by atoms with van der Waals surface area (Å²) < 4.78 is 0.682. The van der Waals surface area contributed by atoms with Crippen molar-refractivity contribution in [1.29, 1.82) is 0 Å². The summed E-state index contributed by atoms with van der Waals surface area (Å²) in [6.07, 6.45) is 5.19. The first-order valence-electron chi connectivity index (χ1n) is 2.87. The van der Waals surface area contributed by atoms with Crippen molar-refractivity contribution in [3.05, 3.63) is 27.2 Å². The van der Waals surface area contributed by atoms with Crippen LogP contribution >= 0.6 is 27.5 Å². The van der Waals surface area contributed by atoms with Gasteiger partial charge in [0.2, 0.25) is 0 Å². The second-order valence-electron chi connectivity index (χ2n) is 1.97. The molecule has 0 aliphatic rings. The molecule has 0 heterocycles. The van der Waals surface area contributed by atoms with Crippen molar-refractivity contribution in [1.82, 2.24) is 0 Å². The molecule has 1 aromatic rings. The quantitative estimate of drug-likeness (QED) is 0.538. The van der Waals surface area contributed by atoms with E-state index in [2.05, 4.69) is 21.9 Å². The van der Waals surface area contributed by atoms with Crippen LogP contribution in [0.5, 0.6) is 0 Å². The third kappa shape index (κ3) is 1.50. The van der Waals surface area contributed by atoms with Gasteiger partial charge in [0.1, 0.15) is 0 Å². The standard InChI is InChI=1S/C8H5BrClN/c1-2-5-3-4-6(11)8(10)7(5)9/h1,3-4H,11H2. The van der Waals surface area contributed by atoms with E-state index in [1.54, 1.807) is 12.1 Å². The van der Waals surface area contributed by atoms with Crippen molar-refractivity contribution in [2.45, 2.75) is 0 Å². The van der Waals surface area contributed by atoms with Crippen LogP contribution in [0.2, 0.25) is 5.02 Å². The van der Waals surface area contributed by atoms with Crippen LogP contribution in [0.15, 0.2) is 16.6 Å². The Labute approximate surface area is 78.7 Å². The molecule has 3 heteroatoms. The average Bonchev–Trinajstić information content (AvgIpc) is 2.01. The number of anilines is 1. The minimum absolute atomic E-state index is 0.473. The van der Waals surface area contributed by atoms with Crippen LogP contribution in [-0.4, -0.2) is 0 Å². The predicted octanol–water partition coefficient (Wildman–Crippen LogP) is 2.67. The van der Waals surface area contributed by atoms with Crippen LogP contribution in [0.4, 0.5) is 5.69 Å². The molecule has 1 nitrogen and oxygen atoms in total. The molecule has 0 spiro atoms. The Morgan fingerprint density at radius 2 is 2.18 bits per heavy atom. The SMILES string of the molecule is C#Cc1ccc(N)c(Cl)c1Br. The van der Waals surface area contributed by atoms with Crippen LogP contribution in [0.1, 0.15) is 5.56 Å². The number of nitrogens with two attached hydrogens (primary N) is 1. The van der Waals surface area contributed by atoms with Crippen LogP contribution in [-0.2, 0) is 0 Å². The van der Waals surface area contributed by atoms with Crippen molar-refractivity contribution in [3.63, 3.8) is 0 Å². The Hall–Kier alpha value is -0.650. The van der Waals surface area contributed by atoms with E-state index in [0.29, 0.717) is 20.7 Å². The van der Waals surface area contributed by atoms with Crippen LogP contribution in [0.25, 0.3) is 0 Å². The molecule has 0 aromatic heterocycles. The van der Waals surface area contributed by atoms with E-state index >= 15 is 0 Å². The first kappa shape index (κ1) is 8.45. The minimum Gasteiger partial charge on any atom is -0.397 e. The van der Waals surface area contributed by atoms with E-state index in [9.17, 15) is 0 Å². The molecule has 11 heavy (non-hydrogen) atoms. The number of hydrogen-bond acceptors (Lipinski definition) is 1. The molecule has 0 aliphatic heterocycles. The molecule has 1 aromatic carbocycles. The first-order chi connectivity index (χ1) is 5.16. The fourth-order valence-electron chi connectivity index (χ4n) is 0.676. The molecule has 0 saturated carbocycles. The fraction of sp³-hybridized carbons (Fsp3) is 0. The number of halogens is 2. The summed E-state index contributed by atoms with van der Waals surface area (Å²) in [6, 6.07) is 3.42. The van der Waals surface area contributed by atoms with Gasteiger partial charge in [0.15, 0.2) is 0 Å². The van der Waals surface area contributed by atoms with Crippen LogP contribution < -0.4 is 5.73 Å². The van der Waals surface area contributed by atoms with E-state index in [0.717, 1.165) is 0 Å². The predicted molar refractivity (Wildman–Crippen MR) is 51.5 cm³/mol. The van der Waals surface area contributed by atoms with Gasteiger partial charge in [-0.05, 0) is 28.1 Å². The summed E-state index contributed by atoms with van der Waals surface area (Å²) in [4.78, 5) is 0. The van der Waals surface area contributed by atoms with Crippen molar-refractivity contribution in [3.8, 4) is 12.3 Å². The van der Waals surface area contributed by atoms with E-state index in [-0.39, 0.29) is 0 Å². The highest BCUT2D eigenvalue weighted by atomic mass is 79.9. The summed E-state index contributed by atoms with van der Waals surface area (Å²) in [7, 11) is 0.